The van der Waals surface area contributed by atoms with Gasteiger partial charge in [0.15, 0.2) is 0 Å². The Hall–Kier alpha value is 0.756. The van der Waals surface area contributed by atoms with Crippen molar-refractivity contribution in [2.45, 2.75) is 0 Å². The maximum Gasteiger partial charge on any atom is 1.00 e. The summed E-state index contributed by atoms with van der Waals surface area (Å²) < 4.78 is 0. The first-order chi connectivity index (χ1) is 2.41. The van der Waals surface area contributed by atoms with Crippen LogP contribution >= 0.6 is 0 Å². The molecule has 0 atom stereocenters. The average molecular weight is 106 g/mol. The molecule has 0 rings (SSSR count). The van der Waals surface area contributed by atoms with E-state index in [9.17, 15) is 0 Å². The van der Waals surface area contributed by atoms with Gasteiger partial charge in [0.2, 0.25) is 0 Å². The second-order valence-electron chi connectivity index (χ2n) is 0.449. The molecule has 0 aromatic heterocycles. The van der Waals surface area contributed by atoms with Crippen LogP contribution in [0, 0.1) is 0 Å². The molecule has 0 saturated carbocycles. The van der Waals surface area contributed by atoms with Gasteiger partial charge in [0.25, 0.3) is 0 Å². The summed E-state index contributed by atoms with van der Waals surface area (Å²) in [6.45, 7) is 3.12. The zero-order valence-corrected chi connectivity index (χ0v) is 6.80. The zero-order valence-electron chi connectivity index (χ0n) is 3.68. The SMILES string of the molecule is C=C=CN=[N-].[K+]. The standard InChI is InChI=1S/C3H3N2.K/c1-2-3-5-4;/h3H,1H2;/q-1;+1. The Morgan fingerprint density at radius 3 is 2.33 bits per heavy atom. The van der Waals surface area contributed by atoms with E-state index >= 15 is 0 Å². The molecule has 3 heteroatoms. The summed E-state index contributed by atoms with van der Waals surface area (Å²) in [5.74, 6) is 0. The van der Waals surface area contributed by atoms with Crippen molar-refractivity contribution in [1.29, 1.82) is 0 Å². The monoisotopic (exact) mass is 106 g/mol. The van der Waals surface area contributed by atoms with Crippen molar-refractivity contribution < 1.29 is 51.4 Å². The molecular formula is C3H3KN2. The molecule has 0 spiro atoms. The minimum atomic E-state index is 0. The molecule has 0 aromatic carbocycles. The van der Waals surface area contributed by atoms with Gasteiger partial charge in [-0.2, -0.15) is 0 Å². The first-order valence-electron chi connectivity index (χ1n) is 1.10. The van der Waals surface area contributed by atoms with Gasteiger partial charge in [-0.1, -0.05) is 6.58 Å². The van der Waals surface area contributed by atoms with Gasteiger partial charge in [0, 0.05) is 6.20 Å². The molecule has 0 fully saturated rings. The first-order valence-corrected chi connectivity index (χ1v) is 1.10. The van der Waals surface area contributed by atoms with Gasteiger partial charge in [-0.05, 0) is 0 Å². The average Bonchev–Trinajstić information content (AvgIpc) is 1.41. The van der Waals surface area contributed by atoms with E-state index in [0.717, 1.165) is 6.20 Å². The Bertz CT molecular complexity index is 72.9. The Morgan fingerprint density at radius 2 is 2.33 bits per heavy atom. The maximum atomic E-state index is 7.53. The molecule has 0 aromatic rings. The summed E-state index contributed by atoms with van der Waals surface area (Å²) in [6.07, 6.45) is 1.07. The molecule has 0 unspecified atom stereocenters. The zero-order chi connectivity index (χ0) is 4.12. The summed E-state index contributed by atoms with van der Waals surface area (Å²) in [6, 6.07) is 0. The van der Waals surface area contributed by atoms with Crippen LogP contribution in [0.5, 0.6) is 0 Å². The van der Waals surface area contributed by atoms with Gasteiger partial charge in [0.1, 0.15) is 0 Å². The van der Waals surface area contributed by atoms with Crippen LogP contribution < -0.4 is 51.4 Å². The Morgan fingerprint density at radius 1 is 1.83 bits per heavy atom. The quantitative estimate of drug-likeness (QED) is 0.217. The fraction of sp³-hybridized carbons (Fsp3) is 0. The molecule has 0 aliphatic carbocycles. The second kappa shape index (κ2) is 9.23. The summed E-state index contributed by atoms with van der Waals surface area (Å²) in [4.78, 5) is 0. The van der Waals surface area contributed by atoms with Crippen LogP contribution in [0.2, 0.25) is 0 Å². The molecule has 6 heavy (non-hydrogen) atoms. The molecule has 0 amide bonds. The van der Waals surface area contributed by atoms with Gasteiger partial charge in [-0.3, -0.25) is 0 Å². The third kappa shape index (κ3) is 8.83. The van der Waals surface area contributed by atoms with Crippen molar-refractivity contribution in [3.05, 3.63) is 24.0 Å². The summed E-state index contributed by atoms with van der Waals surface area (Å²) in [5.41, 5.74) is 9.76. The minimum Gasteiger partial charge on any atom is -0.706 e. The molecule has 0 aliphatic heterocycles. The van der Waals surface area contributed by atoms with Crippen LogP contribution in [-0.2, 0) is 0 Å². The Labute approximate surface area is 79.2 Å². The third-order valence-electron chi connectivity index (χ3n) is 0.149. The van der Waals surface area contributed by atoms with Crippen molar-refractivity contribution in [2.24, 2.45) is 5.11 Å². The third-order valence-corrected chi connectivity index (χ3v) is 0.149. The van der Waals surface area contributed by atoms with Crippen molar-refractivity contribution >= 4 is 0 Å². The van der Waals surface area contributed by atoms with E-state index in [1.807, 2.05) is 0 Å². The smallest absolute Gasteiger partial charge is 0.706 e. The molecule has 0 aliphatic rings. The Balaban J connectivity index is 0. The van der Waals surface area contributed by atoms with E-state index < -0.39 is 0 Å². The molecule has 0 heterocycles. The normalized spacial score (nSPS) is 4.00. The molecule has 0 radical (unpaired) electrons. The predicted molar refractivity (Wildman–Crippen MR) is 19.5 cm³/mol. The predicted octanol–water partition coefficient (Wildman–Crippen LogP) is -1.69. The topological polar surface area (TPSA) is 34.7 Å². The molecule has 0 bridgehead atoms. The first kappa shape index (κ1) is 9.90. The molecule has 26 valence electrons. The van der Waals surface area contributed by atoms with Gasteiger partial charge in [0.05, 0.1) is 0 Å². The van der Waals surface area contributed by atoms with Crippen molar-refractivity contribution in [1.82, 2.24) is 0 Å². The maximum absolute atomic E-state index is 7.53. The number of hydrogen-bond donors (Lipinski definition) is 0. The van der Waals surface area contributed by atoms with E-state index in [2.05, 4.69) is 17.4 Å². The molecular weight excluding hydrogens is 103 g/mol. The number of rotatable bonds is 1. The molecule has 2 nitrogen and oxygen atoms in total. The minimum absolute atomic E-state index is 0. The van der Waals surface area contributed by atoms with Crippen molar-refractivity contribution in [3.63, 3.8) is 0 Å². The van der Waals surface area contributed by atoms with Crippen LogP contribution in [-0.4, -0.2) is 0 Å². The van der Waals surface area contributed by atoms with E-state index in [-0.39, 0.29) is 51.4 Å². The summed E-state index contributed by atoms with van der Waals surface area (Å²) in [7, 11) is 0. The van der Waals surface area contributed by atoms with Crippen molar-refractivity contribution in [3.8, 4) is 0 Å². The van der Waals surface area contributed by atoms with Crippen LogP contribution in [0.3, 0.4) is 0 Å². The largest absolute Gasteiger partial charge is 1.00 e. The summed E-state index contributed by atoms with van der Waals surface area (Å²) >= 11 is 0. The number of nitrogens with zero attached hydrogens (tertiary/aromatic N) is 2. The van der Waals surface area contributed by atoms with Gasteiger partial charge in [-0.25, -0.2) is 0 Å². The molecule has 0 saturated heterocycles. The van der Waals surface area contributed by atoms with Gasteiger partial charge < -0.3 is 10.6 Å². The van der Waals surface area contributed by atoms with E-state index in [0.29, 0.717) is 0 Å². The van der Waals surface area contributed by atoms with Crippen LogP contribution in [0.4, 0.5) is 0 Å². The fourth-order valence-corrected chi connectivity index (χ4v) is 0.0408. The van der Waals surface area contributed by atoms with Crippen molar-refractivity contribution in [2.75, 3.05) is 0 Å². The van der Waals surface area contributed by atoms with Crippen LogP contribution in [0.25, 0.3) is 5.53 Å². The molecule has 0 N–H and O–H groups in total. The van der Waals surface area contributed by atoms with E-state index in [4.69, 9.17) is 5.53 Å². The Kier molecular flexibility index (Phi) is 15.2. The van der Waals surface area contributed by atoms with Gasteiger partial charge >= 0.3 is 51.4 Å². The number of hydrogen-bond acceptors (Lipinski definition) is 1. The van der Waals surface area contributed by atoms with Crippen LogP contribution in [0.1, 0.15) is 0 Å². The fourth-order valence-electron chi connectivity index (χ4n) is 0.0408. The second-order valence-corrected chi connectivity index (χ2v) is 0.449. The van der Waals surface area contributed by atoms with Crippen LogP contribution in [0.15, 0.2) is 23.6 Å². The van der Waals surface area contributed by atoms with Gasteiger partial charge in [-0.15, -0.1) is 5.73 Å². The van der Waals surface area contributed by atoms with E-state index in [1.165, 1.54) is 0 Å². The summed E-state index contributed by atoms with van der Waals surface area (Å²) in [5, 5.41) is 2.56. The van der Waals surface area contributed by atoms with E-state index in [1.54, 1.807) is 0 Å².